The van der Waals surface area contributed by atoms with Crippen molar-refractivity contribution < 1.29 is 0 Å². The van der Waals surface area contributed by atoms with Crippen LogP contribution in [0.1, 0.15) is 97.3 Å². The van der Waals surface area contributed by atoms with Gasteiger partial charge < -0.3 is 5.32 Å². The van der Waals surface area contributed by atoms with Gasteiger partial charge in [0.2, 0.25) is 0 Å². The zero-order chi connectivity index (χ0) is 16.1. The molecular weight excluding hydrogens is 266 g/mol. The van der Waals surface area contributed by atoms with Gasteiger partial charge in [0.25, 0.3) is 0 Å². The maximum absolute atomic E-state index is 3.47. The molecule has 0 aliphatic heterocycles. The summed E-state index contributed by atoms with van der Waals surface area (Å²) in [6.07, 6.45) is 26.6. The van der Waals surface area contributed by atoms with Crippen LogP contribution in [0.4, 0.5) is 0 Å². The molecule has 0 amide bonds. The van der Waals surface area contributed by atoms with E-state index in [2.05, 4.69) is 43.5 Å². The number of hydrogen-bond acceptors (Lipinski definition) is 1. The van der Waals surface area contributed by atoms with Crippen molar-refractivity contribution in [2.24, 2.45) is 0 Å². The van der Waals surface area contributed by atoms with Gasteiger partial charge in [0.1, 0.15) is 0 Å². The van der Waals surface area contributed by atoms with Crippen LogP contribution < -0.4 is 5.32 Å². The third-order valence-corrected chi connectivity index (χ3v) is 3.98. The van der Waals surface area contributed by atoms with E-state index < -0.39 is 0 Å². The molecule has 0 radical (unpaired) electrons. The zero-order valence-electron chi connectivity index (χ0n) is 15.4. The van der Waals surface area contributed by atoms with Gasteiger partial charge in [0.15, 0.2) is 0 Å². The predicted molar refractivity (Wildman–Crippen MR) is 103 cm³/mol. The van der Waals surface area contributed by atoms with E-state index >= 15 is 0 Å². The molecule has 130 valence electrons. The molecule has 0 aromatic heterocycles. The van der Waals surface area contributed by atoms with Crippen LogP contribution >= 0.6 is 0 Å². The first-order valence-electron chi connectivity index (χ1n) is 9.92. The van der Waals surface area contributed by atoms with Gasteiger partial charge in [0, 0.05) is 0 Å². The summed E-state index contributed by atoms with van der Waals surface area (Å²) in [4.78, 5) is 0. The third kappa shape index (κ3) is 19.4. The van der Waals surface area contributed by atoms with Crippen LogP contribution in [0.15, 0.2) is 24.3 Å². The highest BCUT2D eigenvalue weighted by Crippen LogP contribution is 2.07. The first-order chi connectivity index (χ1) is 10.9. The Morgan fingerprint density at radius 2 is 1.14 bits per heavy atom. The highest BCUT2D eigenvalue weighted by atomic mass is 14.8. The second-order valence-electron chi connectivity index (χ2n) is 6.33. The topological polar surface area (TPSA) is 12.0 Å². The Bertz CT molecular complexity index is 242. The van der Waals surface area contributed by atoms with Crippen LogP contribution in [-0.4, -0.2) is 13.1 Å². The summed E-state index contributed by atoms with van der Waals surface area (Å²) in [7, 11) is 0. The third-order valence-electron chi connectivity index (χ3n) is 3.98. The zero-order valence-corrected chi connectivity index (χ0v) is 15.4. The van der Waals surface area contributed by atoms with Crippen LogP contribution in [-0.2, 0) is 0 Å². The normalized spacial score (nSPS) is 11.9. The summed E-state index contributed by atoms with van der Waals surface area (Å²) in [6.45, 7) is 6.88. The van der Waals surface area contributed by atoms with Crippen molar-refractivity contribution in [3.8, 4) is 0 Å². The Morgan fingerprint density at radius 1 is 0.545 bits per heavy atom. The van der Waals surface area contributed by atoms with Crippen LogP contribution in [0.3, 0.4) is 0 Å². The number of allylic oxidation sites excluding steroid dienone is 4. The summed E-state index contributed by atoms with van der Waals surface area (Å²) < 4.78 is 0. The van der Waals surface area contributed by atoms with E-state index in [1.54, 1.807) is 0 Å². The van der Waals surface area contributed by atoms with Gasteiger partial charge in [-0.2, -0.15) is 0 Å². The molecule has 0 fully saturated rings. The van der Waals surface area contributed by atoms with Gasteiger partial charge >= 0.3 is 0 Å². The van der Waals surface area contributed by atoms with Gasteiger partial charge in [-0.25, -0.2) is 0 Å². The molecule has 0 aliphatic carbocycles. The predicted octanol–water partition coefficient (Wildman–Crippen LogP) is 6.80. The Morgan fingerprint density at radius 3 is 1.77 bits per heavy atom. The van der Waals surface area contributed by atoms with Crippen LogP contribution in [0, 0.1) is 0 Å². The van der Waals surface area contributed by atoms with Crippen molar-refractivity contribution in [2.45, 2.75) is 97.3 Å². The molecule has 0 aromatic carbocycles. The molecule has 0 bridgehead atoms. The second-order valence-corrected chi connectivity index (χ2v) is 6.33. The minimum Gasteiger partial charge on any atom is -0.317 e. The lowest BCUT2D eigenvalue weighted by molar-refractivity contribution is 0.565. The maximum atomic E-state index is 3.47. The highest BCUT2D eigenvalue weighted by Gasteiger charge is 1.91. The fourth-order valence-electron chi connectivity index (χ4n) is 2.54. The SMILES string of the molecule is CCCCCC=CCC=CCCCCCCCCNCCC. The largest absolute Gasteiger partial charge is 0.317 e. The number of rotatable bonds is 17. The van der Waals surface area contributed by atoms with E-state index in [4.69, 9.17) is 0 Å². The van der Waals surface area contributed by atoms with Gasteiger partial charge in [-0.05, 0) is 58.0 Å². The molecule has 0 spiro atoms. The van der Waals surface area contributed by atoms with E-state index in [1.807, 2.05) is 0 Å². The number of unbranched alkanes of at least 4 members (excludes halogenated alkanes) is 9. The average Bonchev–Trinajstić information content (AvgIpc) is 2.54. The molecule has 1 heteroatoms. The molecule has 1 N–H and O–H groups in total. The van der Waals surface area contributed by atoms with E-state index in [-0.39, 0.29) is 0 Å². The molecule has 0 aliphatic rings. The molecule has 22 heavy (non-hydrogen) atoms. The van der Waals surface area contributed by atoms with E-state index in [0.717, 1.165) is 6.42 Å². The summed E-state index contributed by atoms with van der Waals surface area (Å²) >= 11 is 0. The molecule has 0 saturated heterocycles. The van der Waals surface area contributed by atoms with E-state index in [0.29, 0.717) is 0 Å². The van der Waals surface area contributed by atoms with E-state index in [1.165, 1.54) is 90.1 Å². The summed E-state index contributed by atoms with van der Waals surface area (Å²) in [5, 5.41) is 3.47. The van der Waals surface area contributed by atoms with E-state index in [9.17, 15) is 0 Å². The molecule has 0 aromatic rings. The molecular formula is C21H41N. The Balaban J connectivity index is 3.11. The Kier molecular flexibility index (Phi) is 19.9. The van der Waals surface area contributed by atoms with Crippen molar-refractivity contribution in [3.63, 3.8) is 0 Å². The number of hydrogen-bond donors (Lipinski definition) is 1. The van der Waals surface area contributed by atoms with Gasteiger partial charge in [-0.3, -0.25) is 0 Å². The molecule has 0 heterocycles. The van der Waals surface area contributed by atoms with Crippen LogP contribution in [0.5, 0.6) is 0 Å². The average molecular weight is 308 g/mol. The fourth-order valence-corrected chi connectivity index (χ4v) is 2.54. The molecule has 0 atom stereocenters. The highest BCUT2D eigenvalue weighted by molar-refractivity contribution is 4.92. The van der Waals surface area contributed by atoms with Gasteiger partial charge in [-0.15, -0.1) is 0 Å². The monoisotopic (exact) mass is 307 g/mol. The second kappa shape index (κ2) is 20.4. The fraction of sp³-hybridized carbons (Fsp3) is 0.810. The van der Waals surface area contributed by atoms with Crippen LogP contribution in [0.2, 0.25) is 0 Å². The first kappa shape index (κ1) is 21.4. The minimum absolute atomic E-state index is 1.12. The standard InChI is InChI=1S/C21H41N/c1-3-5-6-7-8-9-10-11-12-13-14-15-16-17-18-19-21-22-20-4-2/h8-9,11-12,22H,3-7,10,13-21H2,1-2H3. The molecule has 1 nitrogen and oxygen atoms in total. The summed E-state index contributed by atoms with van der Waals surface area (Å²) in [6, 6.07) is 0. The quantitative estimate of drug-likeness (QED) is 0.230. The summed E-state index contributed by atoms with van der Waals surface area (Å²) in [5.74, 6) is 0. The van der Waals surface area contributed by atoms with Crippen molar-refractivity contribution in [2.75, 3.05) is 13.1 Å². The van der Waals surface area contributed by atoms with Gasteiger partial charge in [-0.1, -0.05) is 76.7 Å². The van der Waals surface area contributed by atoms with Crippen molar-refractivity contribution in [1.82, 2.24) is 5.32 Å². The molecule has 0 unspecified atom stereocenters. The lowest BCUT2D eigenvalue weighted by atomic mass is 10.1. The van der Waals surface area contributed by atoms with Crippen LogP contribution in [0.25, 0.3) is 0 Å². The van der Waals surface area contributed by atoms with Gasteiger partial charge in [0.05, 0.1) is 0 Å². The lowest BCUT2D eigenvalue weighted by Crippen LogP contribution is -2.15. The van der Waals surface area contributed by atoms with Crippen molar-refractivity contribution >= 4 is 0 Å². The molecule has 0 saturated carbocycles. The maximum Gasteiger partial charge on any atom is -0.00489 e. The lowest BCUT2D eigenvalue weighted by Gasteiger charge is -2.02. The summed E-state index contributed by atoms with van der Waals surface area (Å²) in [5.41, 5.74) is 0. The number of nitrogens with one attached hydrogen (secondary N) is 1. The van der Waals surface area contributed by atoms with Crippen molar-refractivity contribution in [3.05, 3.63) is 24.3 Å². The molecule has 0 rings (SSSR count). The smallest absolute Gasteiger partial charge is 0.00489 e. The van der Waals surface area contributed by atoms with Crippen molar-refractivity contribution in [1.29, 1.82) is 0 Å². The Labute approximate surface area is 140 Å². The first-order valence-corrected chi connectivity index (χ1v) is 9.92. The minimum atomic E-state index is 1.12. The Hall–Kier alpha value is -0.560.